The first kappa shape index (κ1) is 17.6. The summed E-state index contributed by atoms with van der Waals surface area (Å²) in [7, 11) is 1.52. The molecule has 4 rings (SSSR count). The Hall–Kier alpha value is -2.78. The van der Waals surface area contributed by atoms with Gasteiger partial charge >= 0.3 is 6.09 Å². The minimum Gasteiger partial charge on any atom is -0.479 e. The number of hydrogen-bond acceptors (Lipinski definition) is 8. The van der Waals surface area contributed by atoms with Gasteiger partial charge in [-0.25, -0.2) is 14.8 Å². The van der Waals surface area contributed by atoms with Gasteiger partial charge in [0, 0.05) is 13.1 Å². The first-order chi connectivity index (χ1) is 13.2. The number of fused-ring (bicyclic) bond motifs is 1. The number of ether oxygens (including phenoxy) is 1. The Balaban J connectivity index is 1.32. The number of aromatic nitrogens is 3. The molecule has 1 aliphatic rings. The van der Waals surface area contributed by atoms with Crippen LogP contribution in [0.2, 0.25) is 0 Å². The predicted molar refractivity (Wildman–Crippen MR) is 102 cm³/mol. The van der Waals surface area contributed by atoms with E-state index in [9.17, 15) is 4.79 Å². The SMILES string of the molecule is COc1ncnc2sc(NC(=O)ON3CCC(Cc4ccccc4)C3)nc12. The van der Waals surface area contributed by atoms with E-state index in [1.807, 2.05) is 18.2 Å². The topological polar surface area (TPSA) is 89.5 Å². The lowest BCUT2D eigenvalue weighted by Gasteiger charge is -2.15. The summed E-state index contributed by atoms with van der Waals surface area (Å²) < 4.78 is 5.15. The largest absolute Gasteiger partial charge is 0.479 e. The molecule has 3 heterocycles. The van der Waals surface area contributed by atoms with Crippen molar-refractivity contribution in [2.24, 2.45) is 5.92 Å². The van der Waals surface area contributed by atoms with Crippen molar-refractivity contribution >= 4 is 32.9 Å². The van der Waals surface area contributed by atoms with E-state index in [0.29, 0.717) is 27.3 Å². The standard InChI is InChI=1S/C18H19N5O3S/c1-25-15-14-16(20-11-19-15)27-17(21-14)22-18(24)26-23-8-7-13(10-23)9-12-5-3-2-4-6-12/h2-6,11,13H,7-10H2,1H3,(H,21,22,24). The Labute approximate surface area is 160 Å². The minimum absolute atomic E-state index is 0.376. The molecule has 1 atom stereocenters. The van der Waals surface area contributed by atoms with Crippen molar-refractivity contribution in [1.82, 2.24) is 20.0 Å². The highest BCUT2D eigenvalue weighted by molar-refractivity contribution is 7.22. The summed E-state index contributed by atoms with van der Waals surface area (Å²) in [6, 6.07) is 10.4. The van der Waals surface area contributed by atoms with Gasteiger partial charge in [-0.05, 0) is 24.3 Å². The Morgan fingerprint density at radius 1 is 1.33 bits per heavy atom. The Morgan fingerprint density at radius 2 is 2.19 bits per heavy atom. The lowest BCUT2D eigenvalue weighted by Crippen LogP contribution is -2.28. The quantitative estimate of drug-likeness (QED) is 0.722. The van der Waals surface area contributed by atoms with E-state index in [0.717, 1.165) is 25.9 Å². The number of thiazole rings is 1. The van der Waals surface area contributed by atoms with Crippen LogP contribution in [0, 0.1) is 5.92 Å². The van der Waals surface area contributed by atoms with Crippen molar-refractivity contribution in [3.05, 3.63) is 42.2 Å². The number of amides is 1. The molecule has 0 bridgehead atoms. The predicted octanol–water partition coefficient (Wildman–Crippen LogP) is 3.12. The molecule has 8 nitrogen and oxygen atoms in total. The maximum absolute atomic E-state index is 12.2. The molecule has 1 amide bonds. The normalized spacial score (nSPS) is 17.1. The van der Waals surface area contributed by atoms with Gasteiger partial charge in [-0.15, -0.1) is 5.06 Å². The van der Waals surface area contributed by atoms with Crippen LogP contribution in [-0.2, 0) is 11.3 Å². The van der Waals surface area contributed by atoms with E-state index in [1.54, 1.807) is 5.06 Å². The zero-order valence-corrected chi connectivity index (χ0v) is 15.6. The van der Waals surface area contributed by atoms with Crippen molar-refractivity contribution in [1.29, 1.82) is 0 Å². The highest BCUT2D eigenvalue weighted by atomic mass is 32.1. The fourth-order valence-electron chi connectivity index (χ4n) is 3.16. The van der Waals surface area contributed by atoms with E-state index < -0.39 is 6.09 Å². The number of hydrogen-bond donors (Lipinski definition) is 1. The molecule has 3 aromatic rings. The van der Waals surface area contributed by atoms with E-state index in [1.165, 1.54) is 30.3 Å². The Morgan fingerprint density at radius 3 is 3.00 bits per heavy atom. The first-order valence-electron chi connectivity index (χ1n) is 8.64. The molecule has 2 aromatic heterocycles. The van der Waals surface area contributed by atoms with E-state index in [-0.39, 0.29) is 0 Å². The van der Waals surface area contributed by atoms with Gasteiger partial charge in [0.2, 0.25) is 5.88 Å². The van der Waals surface area contributed by atoms with Crippen molar-refractivity contribution < 1.29 is 14.4 Å². The van der Waals surface area contributed by atoms with E-state index >= 15 is 0 Å². The second-order valence-corrected chi connectivity index (χ2v) is 7.27. The van der Waals surface area contributed by atoms with Crippen molar-refractivity contribution in [2.75, 3.05) is 25.5 Å². The monoisotopic (exact) mass is 385 g/mol. The molecule has 1 N–H and O–H groups in total. The minimum atomic E-state index is -0.554. The Kier molecular flexibility index (Phi) is 5.12. The highest BCUT2D eigenvalue weighted by Gasteiger charge is 2.26. The summed E-state index contributed by atoms with van der Waals surface area (Å²) >= 11 is 1.24. The number of hydroxylamine groups is 2. The van der Waals surface area contributed by atoms with Gasteiger partial charge in [0.1, 0.15) is 6.33 Å². The molecule has 0 spiro atoms. The number of nitrogens with one attached hydrogen (secondary N) is 1. The van der Waals surface area contributed by atoms with Crippen LogP contribution < -0.4 is 10.1 Å². The fourth-order valence-corrected chi connectivity index (χ4v) is 3.94. The molecule has 140 valence electrons. The number of carbonyl (C=O) groups is 1. The van der Waals surface area contributed by atoms with E-state index in [4.69, 9.17) is 9.57 Å². The Bertz CT molecular complexity index is 933. The first-order valence-corrected chi connectivity index (χ1v) is 9.46. The lowest BCUT2D eigenvalue weighted by atomic mass is 9.99. The summed E-state index contributed by atoms with van der Waals surface area (Å²) in [5.41, 5.74) is 1.82. The lowest BCUT2D eigenvalue weighted by molar-refractivity contribution is -0.0768. The maximum Gasteiger partial charge on any atom is 0.432 e. The zero-order valence-electron chi connectivity index (χ0n) is 14.8. The summed E-state index contributed by atoms with van der Waals surface area (Å²) in [5.74, 6) is 0.850. The molecule has 1 unspecified atom stereocenters. The molecule has 0 saturated carbocycles. The van der Waals surface area contributed by atoms with Crippen LogP contribution in [0.3, 0.4) is 0 Å². The summed E-state index contributed by atoms with van der Waals surface area (Å²) in [5, 5.41) is 4.76. The number of methoxy groups -OCH3 is 1. The number of anilines is 1. The van der Waals surface area contributed by atoms with Gasteiger partial charge in [-0.1, -0.05) is 41.7 Å². The van der Waals surface area contributed by atoms with Crippen LogP contribution in [-0.4, -0.2) is 46.3 Å². The van der Waals surface area contributed by atoms with Gasteiger partial charge in [0.15, 0.2) is 15.5 Å². The molecule has 0 aliphatic carbocycles. The van der Waals surface area contributed by atoms with Crippen LogP contribution in [0.5, 0.6) is 5.88 Å². The smallest absolute Gasteiger partial charge is 0.432 e. The summed E-state index contributed by atoms with van der Waals surface area (Å²) in [4.78, 5) is 30.7. The average Bonchev–Trinajstić information content (AvgIpc) is 3.28. The third-order valence-corrected chi connectivity index (χ3v) is 5.27. The van der Waals surface area contributed by atoms with Crippen LogP contribution in [0.4, 0.5) is 9.93 Å². The molecule has 0 radical (unpaired) electrons. The molecule has 1 aliphatic heterocycles. The van der Waals surface area contributed by atoms with Crippen molar-refractivity contribution in [2.45, 2.75) is 12.8 Å². The van der Waals surface area contributed by atoms with Gasteiger partial charge < -0.3 is 9.57 Å². The number of benzene rings is 1. The summed E-state index contributed by atoms with van der Waals surface area (Å²) in [6.45, 7) is 1.45. The van der Waals surface area contributed by atoms with Gasteiger partial charge in [-0.2, -0.15) is 4.98 Å². The number of nitrogens with zero attached hydrogens (tertiary/aromatic N) is 4. The van der Waals surface area contributed by atoms with Crippen LogP contribution in [0.25, 0.3) is 10.3 Å². The van der Waals surface area contributed by atoms with E-state index in [2.05, 4.69) is 32.4 Å². The third kappa shape index (κ3) is 4.15. The molecule has 1 saturated heterocycles. The fraction of sp³-hybridized carbons (Fsp3) is 0.333. The third-order valence-electron chi connectivity index (χ3n) is 4.39. The molecule has 1 fully saturated rings. The molecular weight excluding hydrogens is 366 g/mol. The van der Waals surface area contributed by atoms with Crippen LogP contribution >= 0.6 is 11.3 Å². The molecule has 9 heteroatoms. The molecule has 27 heavy (non-hydrogen) atoms. The second-order valence-electron chi connectivity index (χ2n) is 6.29. The highest BCUT2D eigenvalue weighted by Crippen LogP contribution is 2.29. The number of rotatable bonds is 5. The zero-order chi connectivity index (χ0) is 18.6. The van der Waals surface area contributed by atoms with Gasteiger partial charge in [0.05, 0.1) is 7.11 Å². The van der Waals surface area contributed by atoms with Crippen molar-refractivity contribution in [3.8, 4) is 5.88 Å². The number of carbonyl (C=O) groups excluding carboxylic acids is 1. The summed E-state index contributed by atoms with van der Waals surface area (Å²) in [6.07, 6.45) is 2.83. The molecular formula is C18H19N5O3S. The van der Waals surface area contributed by atoms with Crippen LogP contribution in [0.1, 0.15) is 12.0 Å². The maximum atomic E-state index is 12.2. The van der Waals surface area contributed by atoms with Crippen LogP contribution in [0.15, 0.2) is 36.7 Å². The van der Waals surface area contributed by atoms with Crippen molar-refractivity contribution in [3.63, 3.8) is 0 Å². The molecule has 1 aromatic carbocycles. The van der Waals surface area contributed by atoms with Gasteiger partial charge in [0.25, 0.3) is 0 Å². The van der Waals surface area contributed by atoms with Gasteiger partial charge in [-0.3, -0.25) is 5.32 Å². The second kappa shape index (κ2) is 7.85. The average molecular weight is 385 g/mol.